The van der Waals surface area contributed by atoms with Crippen molar-refractivity contribution in [1.29, 1.82) is 0 Å². The van der Waals surface area contributed by atoms with E-state index in [4.69, 9.17) is 9.47 Å². The summed E-state index contributed by atoms with van der Waals surface area (Å²) >= 11 is 0. The molecular formula is C29H26O7S. The van der Waals surface area contributed by atoms with Gasteiger partial charge in [0.15, 0.2) is 0 Å². The lowest BCUT2D eigenvalue weighted by Crippen LogP contribution is -2.27. The molecule has 0 heterocycles. The van der Waals surface area contributed by atoms with Gasteiger partial charge in [-0.3, -0.25) is 9.35 Å². The largest absolute Gasteiger partial charge is 0.468 e. The third-order valence-electron chi connectivity index (χ3n) is 6.41. The van der Waals surface area contributed by atoms with Gasteiger partial charge in [0.2, 0.25) is 0 Å². The van der Waals surface area contributed by atoms with Crippen LogP contribution in [0.25, 0.3) is 27.8 Å². The summed E-state index contributed by atoms with van der Waals surface area (Å²) in [7, 11) is -2.11. The lowest BCUT2D eigenvalue weighted by Gasteiger charge is -2.26. The number of esters is 2. The number of hydrogen-bond donors (Lipinski definition) is 1. The van der Waals surface area contributed by atoms with Gasteiger partial charge in [-0.1, -0.05) is 60.7 Å². The molecule has 0 fully saturated rings. The van der Waals surface area contributed by atoms with E-state index < -0.39 is 27.5 Å². The van der Waals surface area contributed by atoms with Gasteiger partial charge in [0, 0.05) is 11.1 Å². The Balaban J connectivity index is 1.97. The molecule has 3 aromatic rings. The molecule has 0 bridgehead atoms. The van der Waals surface area contributed by atoms with Crippen LogP contribution in [0.15, 0.2) is 89.9 Å². The van der Waals surface area contributed by atoms with Gasteiger partial charge >= 0.3 is 11.9 Å². The Labute approximate surface area is 215 Å². The molecule has 0 radical (unpaired) electrons. The quantitative estimate of drug-likeness (QED) is 0.335. The van der Waals surface area contributed by atoms with Crippen molar-refractivity contribution in [1.82, 2.24) is 0 Å². The predicted molar refractivity (Wildman–Crippen MR) is 140 cm³/mol. The number of allylic oxidation sites excluding steroid dienone is 3. The highest BCUT2D eigenvalue weighted by molar-refractivity contribution is 7.86. The minimum atomic E-state index is -4.70. The summed E-state index contributed by atoms with van der Waals surface area (Å²) in [5.41, 5.74) is 2.57. The highest BCUT2D eigenvalue weighted by atomic mass is 32.2. The molecule has 190 valence electrons. The van der Waals surface area contributed by atoms with Crippen molar-refractivity contribution in [3.05, 3.63) is 96.1 Å². The molecule has 1 aliphatic rings. The maximum absolute atomic E-state index is 12.8. The normalized spacial score (nSPS) is 17.1. The molecule has 1 aliphatic carbocycles. The Bertz CT molecular complexity index is 1520. The smallest absolute Gasteiger partial charge is 0.337 e. The number of benzene rings is 3. The third kappa shape index (κ3) is 5.26. The Morgan fingerprint density at radius 3 is 2.05 bits per heavy atom. The van der Waals surface area contributed by atoms with Crippen LogP contribution in [0.5, 0.6) is 0 Å². The molecule has 0 spiro atoms. The Kier molecular flexibility index (Phi) is 7.16. The van der Waals surface area contributed by atoms with Crippen LogP contribution < -0.4 is 0 Å². The van der Waals surface area contributed by atoms with Gasteiger partial charge in [-0.15, -0.1) is 0 Å². The first-order valence-corrected chi connectivity index (χ1v) is 12.9. The first-order chi connectivity index (χ1) is 17.6. The first kappa shape index (κ1) is 26.1. The van der Waals surface area contributed by atoms with Crippen LogP contribution in [-0.4, -0.2) is 39.1 Å². The van der Waals surface area contributed by atoms with E-state index in [0.29, 0.717) is 22.3 Å². The van der Waals surface area contributed by atoms with Crippen LogP contribution in [-0.2, 0) is 24.4 Å². The number of methoxy groups -OCH3 is 2. The highest BCUT2D eigenvalue weighted by Crippen LogP contribution is 2.41. The van der Waals surface area contributed by atoms with E-state index in [1.807, 2.05) is 30.3 Å². The number of carbonyl (C=O) groups is 2. The fourth-order valence-corrected chi connectivity index (χ4v) is 5.26. The van der Waals surface area contributed by atoms with Crippen molar-refractivity contribution in [2.75, 3.05) is 14.2 Å². The fourth-order valence-electron chi connectivity index (χ4n) is 4.35. The zero-order valence-electron chi connectivity index (χ0n) is 20.6. The van der Waals surface area contributed by atoms with Crippen LogP contribution in [0.3, 0.4) is 0 Å². The zero-order valence-corrected chi connectivity index (χ0v) is 21.4. The molecule has 7 nitrogen and oxygen atoms in total. The van der Waals surface area contributed by atoms with Crippen molar-refractivity contribution in [3.63, 3.8) is 0 Å². The fraction of sp³-hybridized carbons (Fsp3) is 0.172. The van der Waals surface area contributed by atoms with E-state index in [2.05, 4.69) is 0 Å². The van der Waals surface area contributed by atoms with Gasteiger partial charge in [0.1, 0.15) is 4.90 Å². The standard InChI is InChI=1S/C29H26O7S/c1-29(28(31)36-3)15-13-21(14-16-29)25-18-23(19-7-5-4-6-8-19)17-24(26(25)37(32,33)34)20-9-11-22(12-10-20)27(30)35-2/h4-15,17-18H,16H2,1-3H3,(H,32,33,34). The summed E-state index contributed by atoms with van der Waals surface area (Å²) in [5, 5.41) is 0. The van der Waals surface area contributed by atoms with Crippen LogP contribution in [0, 0.1) is 5.41 Å². The summed E-state index contributed by atoms with van der Waals surface area (Å²) in [6, 6.07) is 19.1. The van der Waals surface area contributed by atoms with Crippen molar-refractivity contribution in [3.8, 4) is 22.3 Å². The zero-order chi connectivity index (χ0) is 26.8. The van der Waals surface area contributed by atoms with E-state index >= 15 is 0 Å². The van der Waals surface area contributed by atoms with Gasteiger partial charge < -0.3 is 9.47 Å². The molecule has 37 heavy (non-hydrogen) atoms. The second-order valence-corrected chi connectivity index (χ2v) is 10.3. The minimum Gasteiger partial charge on any atom is -0.468 e. The molecule has 0 saturated heterocycles. The summed E-state index contributed by atoms with van der Waals surface area (Å²) in [6.45, 7) is 1.74. The van der Waals surface area contributed by atoms with Crippen molar-refractivity contribution in [2.24, 2.45) is 5.41 Å². The molecule has 1 unspecified atom stereocenters. The summed E-state index contributed by atoms with van der Waals surface area (Å²) in [4.78, 5) is 23.9. The lowest BCUT2D eigenvalue weighted by atomic mass is 9.80. The number of hydrogen-bond acceptors (Lipinski definition) is 6. The van der Waals surface area contributed by atoms with E-state index in [0.717, 1.165) is 11.1 Å². The maximum Gasteiger partial charge on any atom is 0.337 e. The van der Waals surface area contributed by atoms with E-state index in [-0.39, 0.29) is 16.9 Å². The van der Waals surface area contributed by atoms with E-state index in [1.54, 1.807) is 49.4 Å². The molecule has 1 atom stereocenters. The number of carbonyl (C=O) groups excluding carboxylic acids is 2. The van der Waals surface area contributed by atoms with E-state index in [9.17, 15) is 22.6 Å². The number of ether oxygens (including phenoxy) is 2. The Morgan fingerprint density at radius 2 is 1.51 bits per heavy atom. The van der Waals surface area contributed by atoms with Gasteiger partial charge in [0.25, 0.3) is 10.1 Å². The summed E-state index contributed by atoms with van der Waals surface area (Å²) < 4.78 is 45.6. The molecule has 3 aromatic carbocycles. The molecule has 0 saturated carbocycles. The van der Waals surface area contributed by atoms with Gasteiger partial charge in [-0.05, 0) is 59.9 Å². The Morgan fingerprint density at radius 1 is 0.865 bits per heavy atom. The molecular weight excluding hydrogens is 492 g/mol. The number of rotatable bonds is 6. The molecule has 0 aromatic heterocycles. The van der Waals surface area contributed by atoms with Crippen molar-refractivity contribution in [2.45, 2.75) is 18.2 Å². The monoisotopic (exact) mass is 518 g/mol. The second kappa shape index (κ2) is 10.2. The van der Waals surface area contributed by atoms with Gasteiger partial charge in [-0.2, -0.15) is 8.42 Å². The summed E-state index contributed by atoms with van der Waals surface area (Å²) in [6.07, 6.45) is 5.40. The first-order valence-electron chi connectivity index (χ1n) is 11.5. The highest BCUT2D eigenvalue weighted by Gasteiger charge is 2.34. The maximum atomic E-state index is 12.8. The molecule has 1 N–H and O–H groups in total. The predicted octanol–water partition coefficient (Wildman–Crippen LogP) is 5.58. The van der Waals surface area contributed by atoms with Crippen molar-refractivity contribution >= 4 is 27.6 Å². The van der Waals surface area contributed by atoms with Gasteiger partial charge in [0.05, 0.1) is 25.2 Å². The second-order valence-electron chi connectivity index (χ2n) is 8.92. The molecule has 4 rings (SSSR count). The van der Waals surface area contributed by atoms with Gasteiger partial charge in [-0.25, -0.2) is 4.79 Å². The average molecular weight is 519 g/mol. The Hall–Kier alpha value is -4.01. The van der Waals surface area contributed by atoms with Crippen LogP contribution in [0.2, 0.25) is 0 Å². The van der Waals surface area contributed by atoms with E-state index in [1.165, 1.54) is 26.4 Å². The van der Waals surface area contributed by atoms with Crippen LogP contribution in [0.1, 0.15) is 29.3 Å². The SMILES string of the molecule is COC(=O)c1ccc(-c2cc(-c3ccccc3)cc(C3=CCC(C)(C(=O)OC)C=C3)c2S(=O)(=O)O)cc1. The summed E-state index contributed by atoms with van der Waals surface area (Å²) in [5.74, 6) is -0.926. The molecule has 0 amide bonds. The average Bonchev–Trinajstić information content (AvgIpc) is 2.91. The molecule has 0 aliphatic heterocycles. The topological polar surface area (TPSA) is 107 Å². The lowest BCUT2D eigenvalue weighted by molar-refractivity contribution is -0.148. The van der Waals surface area contributed by atoms with Crippen LogP contribution in [0.4, 0.5) is 0 Å². The van der Waals surface area contributed by atoms with Crippen molar-refractivity contribution < 1.29 is 32.0 Å². The minimum absolute atomic E-state index is 0.268. The molecule has 8 heteroatoms. The van der Waals surface area contributed by atoms with Crippen LogP contribution >= 0.6 is 0 Å². The third-order valence-corrected chi connectivity index (χ3v) is 7.37.